The molecule has 3 aliphatic heterocycles. The van der Waals surface area contributed by atoms with Crippen LogP contribution < -0.4 is 0 Å². The molecule has 0 amide bonds. The molecule has 2 bridgehead atoms. The molecule has 0 spiro atoms. The number of rotatable bonds is 1. The van der Waals surface area contributed by atoms with Crippen molar-refractivity contribution in [3.63, 3.8) is 0 Å². The minimum absolute atomic E-state index is 0.122. The van der Waals surface area contributed by atoms with Crippen molar-refractivity contribution in [2.45, 2.75) is 26.4 Å². The second-order valence-electron chi connectivity index (χ2n) is 2.54. The van der Waals surface area contributed by atoms with Gasteiger partial charge in [0.05, 0.1) is 6.10 Å². The maximum absolute atomic E-state index is 11.1. The van der Waals surface area contributed by atoms with Crippen LogP contribution in [0.15, 0.2) is 11.5 Å². The summed E-state index contributed by atoms with van der Waals surface area (Å²) in [6.45, 7) is 3.82. The first-order valence-corrected chi connectivity index (χ1v) is 5.01. The Morgan fingerprint density at radius 2 is 2.18 bits per heavy atom. The number of hydrogen-bond acceptors (Lipinski definition) is 4. The predicted octanol–water partition coefficient (Wildman–Crippen LogP) is 2.18. The van der Waals surface area contributed by atoms with Crippen molar-refractivity contribution in [2.24, 2.45) is 0 Å². The van der Waals surface area contributed by atoms with Crippen LogP contribution in [-0.2, 0) is 18.1 Å². The van der Waals surface area contributed by atoms with E-state index in [2.05, 4.69) is 0 Å². The Labute approximate surface area is 64.8 Å². The van der Waals surface area contributed by atoms with Crippen molar-refractivity contribution in [2.75, 3.05) is 0 Å². The van der Waals surface area contributed by atoms with Crippen LogP contribution in [0.5, 0.6) is 0 Å². The number of phosphoric ester groups is 1. The van der Waals surface area contributed by atoms with E-state index in [4.69, 9.17) is 13.6 Å². The third kappa shape index (κ3) is 0.898. The van der Waals surface area contributed by atoms with Crippen molar-refractivity contribution in [1.29, 1.82) is 0 Å². The van der Waals surface area contributed by atoms with Crippen LogP contribution in [0.3, 0.4) is 0 Å². The Hall–Kier alpha value is -0.470. The molecule has 1 unspecified atom stereocenters. The van der Waals surface area contributed by atoms with E-state index in [0.717, 1.165) is 12.0 Å². The van der Waals surface area contributed by atoms with E-state index in [0.29, 0.717) is 5.95 Å². The molecule has 5 heteroatoms. The Bertz CT molecular complexity index is 258. The molecule has 11 heavy (non-hydrogen) atoms. The summed E-state index contributed by atoms with van der Waals surface area (Å²) in [4.78, 5) is 0. The van der Waals surface area contributed by atoms with Crippen LogP contribution in [0.4, 0.5) is 0 Å². The monoisotopic (exact) mass is 176 g/mol. The molecular weight excluding hydrogens is 167 g/mol. The first-order chi connectivity index (χ1) is 5.14. The first kappa shape index (κ1) is 7.19. The fourth-order valence-corrected chi connectivity index (χ4v) is 2.48. The largest absolute Gasteiger partial charge is 0.592 e. The van der Waals surface area contributed by atoms with Gasteiger partial charge in [0.2, 0.25) is 0 Å². The van der Waals surface area contributed by atoms with Crippen LogP contribution in [0, 0.1) is 0 Å². The molecule has 1 atom stereocenters. The van der Waals surface area contributed by atoms with Gasteiger partial charge in [0.1, 0.15) is 0 Å². The Kier molecular flexibility index (Phi) is 1.32. The highest BCUT2D eigenvalue weighted by atomic mass is 31.2. The lowest BCUT2D eigenvalue weighted by Crippen LogP contribution is -2.27. The van der Waals surface area contributed by atoms with Crippen LogP contribution in [0.1, 0.15) is 20.3 Å². The highest BCUT2D eigenvalue weighted by Crippen LogP contribution is 2.67. The molecule has 1 saturated heterocycles. The number of hydrogen-bond donors (Lipinski definition) is 0. The SMILES string of the molecule is CCC1=C2OP(=O)(O2)OC1C. The van der Waals surface area contributed by atoms with Gasteiger partial charge >= 0.3 is 7.82 Å². The standard InChI is InChI=1S/C6H9O4P/c1-3-5-4(2)8-11(7)9-6(5)10-11/h4H,3H2,1-2H3. The molecule has 0 N–H and O–H groups in total. The molecule has 3 heterocycles. The quantitative estimate of drug-likeness (QED) is 0.574. The van der Waals surface area contributed by atoms with Crippen molar-refractivity contribution in [1.82, 2.24) is 0 Å². The second-order valence-corrected chi connectivity index (χ2v) is 4.01. The smallest absolute Gasteiger partial charge is 0.361 e. The lowest BCUT2D eigenvalue weighted by atomic mass is 10.1. The number of fused-ring (bicyclic) bond motifs is 2. The Morgan fingerprint density at radius 3 is 2.64 bits per heavy atom. The zero-order chi connectivity index (χ0) is 8.06. The van der Waals surface area contributed by atoms with Gasteiger partial charge in [-0.15, -0.1) is 0 Å². The molecule has 0 aliphatic carbocycles. The summed E-state index contributed by atoms with van der Waals surface area (Å²) in [5, 5.41) is 0. The van der Waals surface area contributed by atoms with Crippen LogP contribution in [0.2, 0.25) is 0 Å². The molecule has 0 aromatic rings. The van der Waals surface area contributed by atoms with E-state index in [1.165, 1.54) is 0 Å². The molecule has 0 radical (unpaired) electrons. The molecule has 3 rings (SSSR count). The summed E-state index contributed by atoms with van der Waals surface area (Å²) in [7, 11) is -3.11. The minimum atomic E-state index is -3.11. The van der Waals surface area contributed by atoms with Crippen molar-refractivity contribution in [3.05, 3.63) is 11.5 Å². The predicted molar refractivity (Wildman–Crippen MR) is 37.6 cm³/mol. The minimum Gasteiger partial charge on any atom is -0.361 e. The van der Waals surface area contributed by atoms with Gasteiger partial charge in [-0.3, -0.25) is 4.52 Å². The van der Waals surface area contributed by atoms with Crippen LogP contribution in [-0.4, -0.2) is 6.10 Å². The zero-order valence-electron chi connectivity index (χ0n) is 6.36. The summed E-state index contributed by atoms with van der Waals surface area (Å²) in [6, 6.07) is 0. The lowest BCUT2D eigenvalue weighted by molar-refractivity contribution is -0.00958. The van der Waals surface area contributed by atoms with Gasteiger partial charge in [-0.1, -0.05) is 6.92 Å². The number of phosphoric acid groups is 1. The fourth-order valence-electron chi connectivity index (χ4n) is 1.23. The maximum atomic E-state index is 11.1. The normalized spacial score (nSPS) is 40.7. The van der Waals surface area contributed by atoms with Crippen molar-refractivity contribution >= 4 is 7.82 Å². The summed E-state index contributed by atoms with van der Waals surface area (Å²) >= 11 is 0. The van der Waals surface area contributed by atoms with Crippen LogP contribution in [0.25, 0.3) is 0 Å². The molecule has 0 saturated carbocycles. The third-order valence-electron chi connectivity index (χ3n) is 1.81. The van der Waals surface area contributed by atoms with Crippen molar-refractivity contribution in [3.8, 4) is 0 Å². The van der Waals surface area contributed by atoms with E-state index in [9.17, 15) is 4.57 Å². The molecule has 0 aromatic carbocycles. The highest BCUT2D eigenvalue weighted by Gasteiger charge is 2.51. The molecular formula is C6H9O4P. The summed E-state index contributed by atoms with van der Waals surface area (Å²) in [6.07, 6.45) is 0.680. The van der Waals surface area contributed by atoms with Gasteiger partial charge in [-0.2, -0.15) is 0 Å². The maximum Gasteiger partial charge on any atom is 0.592 e. The first-order valence-electron chi connectivity index (χ1n) is 3.55. The molecule has 4 nitrogen and oxygen atoms in total. The lowest BCUT2D eigenvalue weighted by Gasteiger charge is -2.37. The summed E-state index contributed by atoms with van der Waals surface area (Å²) in [5.41, 5.74) is 0.947. The summed E-state index contributed by atoms with van der Waals surface area (Å²) in [5.74, 6) is 0.412. The van der Waals surface area contributed by atoms with Gasteiger partial charge in [0.25, 0.3) is 5.95 Å². The zero-order valence-corrected chi connectivity index (χ0v) is 7.26. The Balaban J connectivity index is 2.33. The average Bonchev–Trinajstić information content (AvgIpc) is 1.84. The highest BCUT2D eigenvalue weighted by molar-refractivity contribution is 7.50. The summed E-state index contributed by atoms with van der Waals surface area (Å²) < 4.78 is 25.7. The van der Waals surface area contributed by atoms with Gasteiger partial charge in [-0.25, -0.2) is 4.57 Å². The Morgan fingerprint density at radius 1 is 1.55 bits per heavy atom. The van der Waals surface area contributed by atoms with Gasteiger partial charge in [-0.05, 0) is 13.3 Å². The molecule has 1 fully saturated rings. The average molecular weight is 176 g/mol. The van der Waals surface area contributed by atoms with Gasteiger partial charge in [0.15, 0.2) is 0 Å². The third-order valence-corrected chi connectivity index (χ3v) is 3.16. The molecule has 0 aromatic heterocycles. The second kappa shape index (κ2) is 2.02. The van der Waals surface area contributed by atoms with E-state index >= 15 is 0 Å². The van der Waals surface area contributed by atoms with Crippen molar-refractivity contribution < 1.29 is 18.1 Å². The van der Waals surface area contributed by atoms with Crippen LogP contribution >= 0.6 is 7.82 Å². The molecule has 62 valence electrons. The van der Waals surface area contributed by atoms with E-state index in [-0.39, 0.29) is 6.10 Å². The fraction of sp³-hybridized carbons (Fsp3) is 0.667. The van der Waals surface area contributed by atoms with E-state index < -0.39 is 7.82 Å². The van der Waals surface area contributed by atoms with Gasteiger partial charge < -0.3 is 9.05 Å². The molecule has 3 aliphatic rings. The topological polar surface area (TPSA) is 44.8 Å². The van der Waals surface area contributed by atoms with Gasteiger partial charge in [0, 0.05) is 5.57 Å². The van der Waals surface area contributed by atoms with E-state index in [1.807, 2.05) is 13.8 Å². The van der Waals surface area contributed by atoms with E-state index in [1.54, 1.807) is 0 Å².